The van der Waals surface area contributed by atoms with Crippen LogP contribution in [0.3, 0.4) is 0 Å². The molecule has 0 bridgehead atoms. The maximum atomic E-state index is 12.1. The van der Waals surface area contributed by atoms with Gasteiger partial charge in [0.25, 0.3) is 0 Å². The maximum absolute atomic E-state index is 12.1. The van der Waals surface area contributed by atoms with Crippen molar-refractivity contribution in [2.24, 2.45) is 10.4 Å². The van der Waals surface area contributed by atoms with E-state index in [1.54, 1.807) is 0 Å². The Morgan fingerprint density at radius 1 is 1.23 bits per heavy atom. The second-order valence-electron chi connectivity index (χ2n) is 7.87. The Labute approximate surface area is 138 Å². The summed E-state index contributed by atoms with van der Waals surface area (Å²) < 4.78 is 12.0. The van der Waals surface area contributed by atoms with Gasteiger partial charge in [0, 0.05) is 48.0 Å². The minimum atomic E-state index is -0.804. The van der Waals surface area contributed by atoms with Crippen molar-refractivity contribution in [2.45, 2.75) is 64.0 Å². The van der Waals surface area contributed by atoms with Crippen molar-refractivity contribution in [2.75, 3.05) is 32.4 Å². The molecule has 1 saturated carbocycles. The highest BCUT2D eigenvalue weighted by Gasteiger charge is 2.39. The first kappa shape index (κ1) is 17.8. The molecule has 1 saturated heterocycles. The van der Waals surface area contributed by atoms with Crippen LogP contribution < -0.4 is 5.32 Å². The Bertz CT molecular complexity index is 422. The highest BCUT2D eigenvalue weighted by molar-refractivity contribution is 7.86. The third-order valence-electron chi connectivity index (χ3n) is 5.12. The van der Waals surface area contributed by atoms with Gasteiger partial charge in [-0.3, -0.25) is 9.20 Å². The standard InChI is InChI=1S/C17H33N3OS/c1-16(2,3)22(21)13-11-19-15(18-4)20-12-10-17(14-20)8-6-5-7-9-17/h5-14H2,1-4H3,(H,18,19). The minimum absolute atomic E-state index is 0.134. The molecule has 1 aliphatic carbocycles. The maximum Gasteiger partial charge on any atom is 0.193 e. The van der Waals surface area contributed by atoms with Crippen LogP contribution in [0.4, 0.5) is 0 Å². The molecule has 0 radical (unpaired) electrons. The molecule has 0 aromatic carbocycles. The molecule has 1 atom stereocenters. The van der Waals surface area contributed by atoms with E-state index in [1.807, 2.05) is 27.8 Å². The Balaban J connectivity index is 1.82. The predicted molar refractivity (Wildman–Crippen MR) is 95.8 cm³/mol. The Morgan fingerprint density at radius 3 is 2.50 bits per heavy atom. The molecule has 5 heteroatoms. The van der Waals surface area contributed by atoms with Crippen LogP contribution in [0.15, 0.2) is 4.99 Å². The Morgan fingerprint density at radius 2 is 1.91 bits per heavy atom. The second kappa shape index (κ2) is 7.33. The van der Waals surface area contributed by atoms with E-state index >= 15 is 0 Å². The quantitative estimate of drug-likeness (QED) is 0.640. The summed E-state index contributed by atoms with van der Waals surface area (Å²) in [5, 5.41) is 3.42. The van der Waals surface area contributed by atoms with Gasteiger partial charge in [-0.15, -0.1) is 0 Å². The predicted octanol–water partition coefficient (Wildman–Crippen LogP) is 2.77. The molecule has 0 aromatic rings. The third kappa shape index (κ3) is 4.46. The lowest BCUT2D eigenvalue weighted by Crippen LogP contribution is -2.43. The van der Waals surface area contributed by atoms with Crippen LogP contribution in [0, 0.1) is 5.41 Å². The van der Waals surface area contributed by atoms with Crippen LogP contribution >= 0.6 is 0 Å². The van der Waals surface area contributed by atoms with Gasteiger partial charge in [-0.2, -0.15) is 0 Å². The summed E-state index contributed by atoms with van der Waals surface area (Å²) in [6.07, 6.45) is 8.27. The molecule has 1 heterocycles. The van der Waals surface area contributed by atoms with Crippen molar-refractivity contribution in [1.82, 2.24) is 10.2 Å². The number of rotatable bonds is 3. The van der Waals surface area contributed by atoms with Crippen molar-refractivity contribution in [1.29, 1.82) is 0 Å². The van der Waals surface area contributed by atoms with Gasteiger partial charge in [0.05, 0.1) is 0 Å². The van der Waals surface area contributed by atoms with E-state index < -0.39 is 10.8 Å². The van der Waals surface area contributed by atoms with Crippen LogP contribution in [-0.4, -0.2) is 52.3 Å². The summed E-state index contributed by atoms with van der Waals surface area (Å²) in [5.41, 5.74) is 0.546. The second-order valence-corrected chi connectivity index (χ2v) is 10.2. The van der Waals surface area contributed by atoms with Crippen molar-refractivity contribution >= 4 is 16.8 Å². The van der Waals surface area contributed by atoms with E-state index in [2.05, 4.69) is 15.2 Å². The molecule has 1 N–H and O–H groups in total. The molecule has 0 amide bonds. The average molecular weight is 328 g/mol. The molecule has 128 valence electrons. The van der Waals surface area contributed by atoms with Gasteiger partial charge in [0.15, 0.2) is 5.96 Å². The monoisotopic (exact) mass is 327 g/mol. The molecule has 2 fully saturated rings. The molecule has 2 rings (SSSR count). The van der Waals surface area contributed by atoms with Crippen LogP contribution in [0.2, 0.25) is 0 Å². The van der Waals surface area contributed by atoms with E-state index in [9.17, 15) is 4.21 Å². The molecule has 1 spiro atoms. The summed E-state index contributed by atoms with van der Waals surface area (Å²) in [5.74, 6) is 1.68. The van der Waals surface area contributed by atoms with Gasteiger partial charge in [-0.1, -0.05) is 19.3 Å². The number of hydrogen-bond acceptors (Lipinski definition) is 2. The van der Waals surface area contributed by atoms with E-state index in [4.69, 9.17) is 0 Å². The highest BCUT2D eigenvalue weighted by Crippen LogP contribution is 2.43. The number of hydrogen-bond donors (Lipinski definition) is 1. The van der Waals surface area contributed by atoms with Crippen LogP contribution in [0.25, 0.3) is 0 Å². The highest BCUT2D eigenvalue weighted by atomic mass is 32.2. The van der Waals surface area contributed by atoms with Crippen molar-refractivity contribution < 1.29 is 4.21 Å². The van der Waals surface area contributed by atoms with Crippen LogP contribution in [0.5, 0.6) is 0 Å². The molecule has 1 unspecified atom stereocenters. The lowest BCUT2D eigenvalue weighted by atomic mass is 9.73. The fourth-order valence-corrected chi connectivity index (χ4v) is 4.62. The zero-order valence-corrected chi connectivity index (χ0v) is 15.6. The normalized spacial score (nSPS) is 23.8. The molecule has 2 aliphatic rings. The fourth-order valence-electron chi connectivity index (χ4n) is 3.72. The zero-order chi connectivity index (χ0) is 16.2. The summed E-state index contributed by atoms with van der Waals surface area (Å²) in [6, 6.07) is 0. The Kier molecular flexibility index (Phi) is 5.92. The van der Waals surface area contributed by atoms with Gasteiger partial charge in [-0.05, 0) is 45.4 Å². The fraction of sp³-hybridized carbons (Fsp3) is 0.941. The molecule has 0 aromatic heterocycles. The van der Waals surface area contributed by atoms with Crippen molar-refractivity contribution in [3.63, 3.8) is 0 Å². The lowest BCUT2D eigenvalue weighted by Gasteiger charge is -2.33. The topological polar surface area (TPSA) is 44.7 Å². The van der Waals surface area contributed by atoms with Gasteiger partial charge in [-0.25, -0.2) is 0 Å². The van der Waals surface area contributed by atoms with Crippen LogP contribution in [0.1, 0.15) is 59.3 Å². The largest absolute Gasteiger partial charge is 0.355 e. The zero-order valence-electron chi connectivity index (χ0n) is 14.8. The smallest absolute Gasteiger partial charge is 0.193 e. The van der Waals surface area contributed by atoms with Crippen molar-refractivity contribution in [3.8, 4) is 0 Å². The van der Waals surface area contributed by atoms with Crippen molar-refractivity contribution in [3.05, 3.63) is 0 Å². The first-order valence-corrected chi connectivity index (χ1v) is 10.0. The number of guanidine groups is 1. The number of nitrogens with zero attached hydrogens (tertiary/aromatic N) is 2. The van der Waals surface area contributed by atoms with Gasteiger partial charge in [0.2, 0.25) is 0 Å². The van der Waals surface area contributed by atoms with E-state index in [-0.39, 0.29) is 4.75 Å². The van der Waals surface area contributed by atoms with E-state index in [0.717, 1.165) is 25.6 Å². The van der Waals surface area contributed by atoms with E-state index in [1.165, 1.54) is 38.5 Å². The number of aliphatic imine (C=N–C) groups is 1. The first-order valence-electron chi connectivity index (χ1n) is 8.70. The van der Waals surface area contributed by atoms with Gasteiger partial charge in [0.1, 0.15) is 0 Å². The SMILES string of the molecule is CN=C(NCCS(=O)C(C)(C)C)N1CCC2(CCCCC2)C1. The summed E-state index contributed by atoms with van der Waals surface area (Å²) in [7, 11) is 1.05. The van der Waals surface area contributed by atoms with Gasteiger partial charge < -0.3 is 10.2 Å². The first-order chi connectivity index (χ1) is 10.4. The number of likely N-dealkylation sites (tertiary alicyclic amines) is 1. The molecule has 4 nitrogen and oxygen atoms in total. The Hall–Kier alpha value is -0.580. The number of nitrogens with one attached hydrogen (secondary N) is 1. The molecular weight excluding hydrogens is 294 g/mol. The molecular formula is C17H33N3OS. The molecule has 1 aliphatic heterocycles. The minimum Gasteiger partial charge on any atom is -0.355 e. The van der Waals surface area contributed by atoms with Gasteiger partial charge >= 0.3 is 0 Å². The third-order valence-corrected chi connectivity index (χ3v) is 7.06. The van der Waals surface area contributed by atoms with E-state index in [0.29, 0.717) is 11.2 Å². The van der Waals surface area contributed by atoms with Crippen LogP contribution in [-0.2, 0) is 10.8 Å². The lowest BCUT2D eigenvalue weighted by molar-refractivity contribution is 0.203. The average Bonchev–Trinajstić information content (AvgIpc) is 2.86. The summed E-state index contributed by atoms with van der Waals surface area (Å²) in [4.78, 5) is 6.85. The summed E-state index contributed by atoms with van der Waals surface area (Å²) in [6.45, 7) is 9.10. The summed E-state index contributed by atoms with van der Waals surface area (Å²) >= 11 is 0. The molecule has 22 heavy (non-hydrogen) atoms.